The fraction of sp³-hybridized carbons (Fsp3) is 0.625. The molecule has 0 aliphatic carbocycles. The molecule has 1 aromatic rings. The van der Waals surface area contributed by atoms with E-state index in [9.17, 15) is 0 Å². The normalized spacial score (nSPS) is 21.5. The molecule has 5 nitrogen and oxygen atoms in total. The zero-order chi connectivity index (χ0) is 14.5. The third kappa shape index (κ3) is 3.60. The van der Waals surface area contributed by atoms with Crippen molar-refractivity contribution in [2.45, 2.75) is 25.8 Å². The Labute approximate surface area is 125 Å². The van der Waals surface area contributed by atoms with E-state index in [-0.39, 0.29) is 0 Å². The fourth-order valence-corrected chi connectivity index (χ4v) is 2.71. The van der Waals surface area contributed by atoms with Crippen molar-refractivity contribution in [2.75, 3.05) is 33.2 Å². The van der Waals surface area contributed by atoms with Crippen molar-refractivity contribution in [2.24, 2.45) is 5.92 Å². The number of hydrogen-bond donors (Lipinski definition) is 1. The minimum atomic E-state index is 0.291. The summed E-state index contributed by atoms with van der Waals surface area (Å²) in [6, 6.07) is 6.04. The van der Waals surface area contributed by atoms with Gasteiger partial charge in [-0.2, -0.15) is 0 Å². The van der Waals surface area contributed by atoms with Gasteiger partial charge in [-0.3, -0.25) is 0 Å². The number of rotatable bonds is 7. The second-order valence-electron chi connectivity index (χ2n) is 5.51. The molecule has 0 bridgehead atoms. The van der Waals surface area contributed by atoms with E-state index in [1.807, 2.05) is 18.2 Å². The number of benzene rings is 1. The minimum Gasteiger partial charge on any atom is -0.492 e. The van der Waals surface area contributed by atoms with Crippen molar-refractivity contribution in [3.05, 3.63) is 18.2 Å². The molecule has 0 saturated carbocycles. The largest absolute Gasteiger partial charge is 0.492 e. The van der Waals surface area contributed by atoms with Crippen LogP contribution in [0.1, 0.15) is 19.8 Å². The third-order valence-electron chi connectivity index (χ3n) is 3.96. The van der Waals surface area contributed by atoms with E-state index in [1.54, 1.807) is 0 Å². The highest BCUT2D eigenvalue weighted by Gasteiger charge is 2.26. The van der Waals surface area contributed by atoms with Crippen molar-refractivity contribution in [3.63, 3.8) is 0 Å². The predicted octanol–water partition coefficient (Wildman–Crippen LogP) is 2.20. The summed E-state index contributed by atoms with van der Waals surface area (Å²) in [5.41, 5.74) is 0. The highest BCUT2D eigenvalue weighted by Crippen LogP contribution is 2.35. The Morgan fingerprint density at radius 1 is 1.33 bits per heavy atom. The van der Waals surface area contributed by atoms with Gasteiger partial charge in [0, 0.05) is 24.6 Å². The SMILES string of the molecule is CCCNC(COc1ccc2c(c1)OCO2)C1CCOC1. The van der Waals surface area contributed by atoms with Crippen LogP contribution in [0.4, 0.5) is 0 Å². The minimum absolute atomic E-state index is 0.291. The van der Waals surface area contributed by atoms with Crippen LogP contribution in [0.2, 0.25) is 0 Å². The van der Waals surface area contributed by atoms with Gasteiger partial charge in [0.15, 0.2) is 11.5 Å². The molecule has 1 aromatic carbocycles. The first-order chi connectivity index (χ1) is 10.4. The average Bonchev–Trinajstić information content (AvgIpc) is 3.18. The molecule has 5 heteroatoms. The lowest BCUT2D eigenvalue weighted by atomic mass is 9.99. The number of hydrogen-bond acceptors (Lipinski definition) is 5. The maximum absolute atomic E-state index is 5.95. The molecular weight excluding hydrogens is 270 g/mol. The van der Waals surface area contributed by atoms with Gasteiger partial charge in [0.25, 0.3) is 0 Å². The zero-order valence-corrected chi connectivity index (χ0v) is 12.5. The molecule has 2 atom stereocenters. The Morgan fingerprint density at radius 3 is 3.05 bits per heavy atom. The summed E-state index contributed by atoms with van der Waals surface area (Å²) in [4.78, 5) is 0. The molecule has 2 heterocycles. The summed E-state index contributed by atoms with van der Waals surface area (Å²) in [6.07, 6.45) is 2.22. The molecule has 0 aromatic heterocycles. The van der Waals surface area contributed by atoms with Crippen LogP contribution in [-0.2, 0) is 4.74 Å². The van der Waals surface area contributed by atoms with E-state index >= 15 is 0 Å². The lowest BCUT2D eigenvalue weighted by molar-refractivity contribution is 0.160. The Morgan fingerprint density at radius 2 is 2.24 bits per heavy atom. The summed E-state index contributed by atoms with van der Waals surface area (Å²) >= 11 is 0. The first kappa shape index (κ1) is 14.5. The van der Waals surface area contributed by atoms with Crippen LogP contribution in [0, 0.1) is 5.92 Å². The van der Waals surface area contributed by atoms with Crippen molar-refractivity contribution in [3.8, 4) is 17.2 Å². The number of fused-ring (bicyclic) bond motifs is 1. The van der Waals surface area contributed by atoms with E-state index in [0.29, 0.717) is 25.4 Å². The van der Waals surface area contributed by atoms with E-state index in [4.69, 9.17) is 18.9 Å². The van der Waals surface area contributed by atoms with Crippen molar-refractivity contribution in [1.82, 2.24) is 5.32 Å². The fourth-order valence-electron chi connectivity index (χ4n) is 2.71. The van der Waals surface area contributed by atoms with Crippen LogP contribution in [0.5, 0.6) is 17.2 Å². The maximum Gasteiger partial charge on any atom is 0.231 e. The van der Waals surface area contributed by atoms with Crippen molar-refractivity contribution < 1.29 is 18.9 Å². The summed E-state index contributed by atoms with van der Waals surface area (Å²) in [5, 5.41) is 3.57. The standard InChI is InChI=1S/C16H23NO4/c1-2-6-17-14(12-5-7-18-9-12)10-19-13-3-4-15-16(8-13)21-11-20-15/h3-4,8,12,14,17H,2,5-7,9-11H2,1H3. The van der Waals surface area contributed by atoms with Gasteiger partial charge in [-0.25, -0.2) is 0 Å². The number of nitrogens with one attached hydrogen (secondary N) is 1. The summed E-state index contributed by atoms with van der Waals surface area (Å²) in [5.74, 6) is 2.90. The topological polar surface area (TPSA) is 49.0 Å². The zero-order valence-electron chi connectivity index (χ0n) is 12.5. The van der Waals surface area contributed by atoms with Gasteiger partial charge in [-0.15, -0.1) is 0 Å². The monoisotopic (exact) mass is 293 g/mol. The Bertz CT molecular complexity index is 460. The highest BCUT2D eigenvalue weighted by molar-refractivity contribution is 5.46. The van der Waals surface area contributed by atoms with Gasteiger partial charge in [0.05, 0.1) is 6.61 Å². The molecule has 21 heavy (non-hydrogen) atoms. The molecule has 0 radical (unpaired) electrons. The van der Waals surface area contributed by atoms with Crippen molar-refractivity contribution in [1.29, 1.82) is 0 Å². The van der Waals surface area contributed by atoms with Gasteiger partial charge in [0.1, 0.15) is 12.4 Å². The molecule has 116 valence electrons. The van der Waals surface area contributed by atoms with Crippen molar-refractivity contribution >= 4 is 0 Å². The third-order valence-corrected chi connectivity index (χ3v) is 3.96. The first-order valence-corrected chi connectivity index (χ1v) is 7.70. The Balaban J connectivity index is 1.57. The van der Waals surface area contributed by atoms with Gasteiger partial charge < -0.3 is 24.3 Å². The molecule has 2 unspecified atom stereocenters. The van der Waals surface area contributed by atoms with E-state index in [2.05, 4.69) is 12.2 Å². The molecular formula is C16H23NO4. The molecule has 2 aliphatic heterocycles. The van der Waals surface area contributed by atoms with Crippen LogP contribution < -0.4 is 19.5 Å². The van der Waals surface area contributed by atoms with Crippen LogP contribution in [0.25, 0.3) is 0 Å². The van der Waals surface area contributed by atoms with Gasteiger partial charge in [-0.05, 0) is 31.5 Å². The Kier molecular flexibility index (Phi) is 4.83. The van der Waals surface area contributed by atoms with Crippen LogP contribution in [-0.4, -0.2) is 39.2 Å². The van der Waals surface area contributed by atoms with E-state index < -0.39 is 0 Å². The first-order valence-electron chi connectivity index (χ1n) is 7.70. The van der Waals surface area contributed by atoms with Crippen LogP contribution >= 0.6 is 0 Å². The number of ether oxygens (including phenoxy) is 4. The molecule has 0 amide bonds. The van der Waals surface area contributed by atoms with Gasteiger partial charge in [0.2, 0.25) is 6.79 Å². The smallest absolute Gasteiger partial charge is 0.231 e. The Hall–Kier alpha value is -1.46. The molecule has 1 N–H and O–H groups in total. The summed E-state index contributed by atoms with van der Waals surface area (Å²) in [6.45, 7) is 5.80. The van der Waals surface area contributed by atoms with Crippen LogP contribution in [0.15, 0.2) is 18.2 Å². The molecule has 3 rings (SSSR count). The maximum atomic E-state index is 5.95. The summed E-state index contributed by atoms with van der Waals surface area (Å²) in [7, 11) is 0. The lowest BCUT2D eigenvalue weighted by Gasteiger charge is -2.24. The van der Waals surface area contributed by atoms with Gasteiger partial charge in [-0.1, -0.05) is 6.92 Å². The highest BCUT2D eigenvalue weighted by atomic mass is 16.7. The second-order valence-corrected chi connectivity index (χ2v) is 5.51. The summed E-state index contributed by atoms with van der Waals surface area (Å²) < 4.78 is 22.1. The van der Waals surface area contributed by atoms with Gasteiger partial charge >= 0.3 is 0 Å². The molecule has 2 aliphatic rings. The second kappa shape index (κ2) is 7.00. The van der Waals surface area contributed by atoms with Crippen LogP contribution in [0.3, 0.4) is 0 Å². The molecule has 0 spiro atoms. The van der Waals surface area contributed by atoms with E-state index in [1.165, 1.54) is 0 Å². The molecule has 1 saturated heterocycles. The lowest BCUT2D eigenvalue weighted by Crippen LogP contribution is -2.41. The van der Waals surface area contributed by atoms with E-state index in [0.717, 1.165) is 49.8 Å². The predicted molar refractivity (Wildman–Crippen MR) is 79.1 cm³/mol. The molecule has 1 fully saturated rings. The quantitative estimate of drug-likeness (QED) is 0.835. The average molecular weight is 293 g/mol.